The predicted molar refractivity (Wildman–Crippen MR) is 46.5 cm³/mol. The second-order valence-electron chi connectivity index (χ2n) is 2.12. The highest BCUT2D eigenvalue weighted by Crippen LogP contribution is 2.13. The van der Waals surface area contributed by atoms with Gasteiger partial charge in [-0.05, 0) is 15.9 Å². The van der Waals surface area contributed by atoms with E-state index in [9.17, 15) is 8.42 Å². The normalized spacial score (nSPS) is 11.5. The number of rotatable bonds is 2. The van der Waals surface area contributed by atoms with Gasteiger partial charge in [0.2, 0.25) is 10.0 Å². The molecular formula is C5H6BrN3O2S. The molecule has 1 heterocycles. The van der Waals surface area contributed by atoms with Crippen molar-refractivity contribution in [1.29, 1.82) is 0 Å². The van der Waals surface area contributed by atoms with E-state index in [2.05, 4.69) is 25.9 Å². The zero-order chi connectivity index (χ0) is 9.19. The fraction of sp³-hybridized carbons (Fsp3) is 0.200. The van der Waals surface area contributed by atoms with Gasteiger partial charge in [-0.15, -0.1) is 0 Å². The fourth-order valence-electron chi connectivity index (χ4n) is 0.635. The minimum atomic E-state index is -3.52. The van der Waals surface area contributed by atoms with E-state index in [0.29, 0.717) is 10.2 Å². The van der Waals surface area contributed by atoms with Gasteiger partial charge in [0.1, 0.15) is 12.1 Å². The van der Waals surface area contributed by atoms with Gasteiger partial charge in [-0.2, -0.15) is 0 Å². The first-order chi connectivity index (χ1) is 5.49. The molecule has 1 rings (SSSR count). The Morgan fingerprint density at radius 3 is 2.75 bits per heavy atom. The highest BCUT2D eigenvalue weighted by Gasteiger charge is 2.08. The molecular weight excluding hydrogens is 246 g/mol. The van der Waals surface area contributed by atoms with Crippen LogP contribution in [0.4, 0.5) is 0 Å². The van der Waals surface area contributed by atoms with Crippen molar-refractivity contribution < 1.29 is 8.42 Å². The topological polar surface area (TPSA) is 85.9 Å². The lowest BCUT2D eigenvalue weighted by Crippen LogP contribution is -2.15. The van der Waals surface area contributed by atoms with E-state index >= 15 is 0 Å². The number of hydrogen-bond acceptors (Lipinski definition) is 4. The first kappa shape index (κ1) is 9.56. The summed E-state index contributed by atoms with van der Waals surface area (Å²) < 4.78 is 21.8. The average Bonchev–Trinajstić information content (AvgIpc) is 1.91. The molecule has 0 radical (unpaired) electrons. The van der Waals surface area contributed by atoms with Crippen LogP contribution in [0, 0.1) is 0 Å². The van der Waals surface area contributed by atoms with Crippen LogP contribution in [0.3, 0.4) is 0 Å². The molecule has 66 valence electrons. The molecule has 2 N–H and O–H groups in total. The quantitative estimate of drug-likeness (QED) is 0.804. The van der Waals surface area contributed by atoms with Gasteiger partial charge < -0.3 is 0 Å². The summed E-state index contributed by atoms with van der Waals surface area (Å²) in [5.41, 5.74) is 0.368. The van der Waals surface area contributed by atoms with Crippen LogP contribution in [-0.2, 0) is 15.8 Å². The second-order valence-corrected chi connectivity index (χ2v) is 4.59. The number of nitrogens with zero attached hydrogens (tertiary/aromatic N) is 2. The van der Waals surface area contributed by atoms with Crippen molar-refractivity contribution in [1.82, 2.24) is 9.97 Å². The lowest BCUT2D eigenvalue weighted by molar-refractivity contribution is 0.596. The van der Waals surface area contributed by atoms with Crippen LogP contribution in [0.1, 0.15) is 5.69 Å². The minimum absolute atomic E-state index is 0.282. The fourth-order valence-corrected chi connectivity index (χ4v) is 1.79. The van der Waals surface area contributed by atoms with E-state index < -0.39 is 10.0 Å². The monoisotopic (exact) mass is 251 g/mol. The number of aromatic nitrogens is 2. The molecule has 0 amide bonds. The Kier molecular flexibility index (Phi) is 2.76. The molecule has 1 aromatic rings. The smallest absolute Gasteiger partial charge is 0.214 e. The summed E-state index contributed by atoms with van der Waals surface area (Å²) in [6.07, 6.45) is 2.73. The van der Waals surface area contributed by atoms with Gasteiger partial charge in [0, 0.05) is 6.20 Å². The van der Waals surface area contributed by atoms with Crippen molar-refractivity contribution in [3.63, 3.8) is 0 Å². The van der Waals surface area contributed by atoms with Crippen LogP contribution in [0.2, 0.25) is 0 Å². The third-order valence-corrected chi connectivity index (χ3v) is 2.42. The zero-order valence-electron chi connectivity index (χ0n) is 5.94. The Labute approximate surface area is 78.2 Å². The number of hydrogen-bond donors (Lipinski definition) is 1. The maximum absolute atomic E-state index is 10.6. The van der Waals surface area contributed by atoms with Crippen molar-refractivity contribution in [2.75, 3.05) is 0 Å². The van der Waals surface area contributed by atoms with Crippen molar-refractivity contribution in [3.8, 4) is 0 Å². The van der Waals surface area contributed by atoms with Gasteiger partial charge in [-0.1, -0.05) is 0 Å². The highest BCUT2D eigenvalue weighted by atomic mass is 79.9. The number of halogens is 1. The van der Waals surface area contributed by atoms with Crippen LogP contribution < -0.4 is 5.14 Å². The van der Waals surface area contributed by atoms with E-state index in [-0.39, 0.29) is 5.75 Å². The second kappa shape index (κ2) is 3.46. The van der Waals surface area contributed by atoms with Gasteiger partial charge in [-0.3, -0.25) is 0 Å². The van der Waals surface area contributed by atoms with Crippen molar-refractivity contribution in [2.45, 2.75) is 5.75 Å². The van der Waals surface area contributed by atoms with E-state index in [1.54, 1.807) is 0 Å². The van der Waals surface area contributed by atoms with Crippen LogP contribution in [0.5, 0.6) is 0 Å². The van der Waals surface area contributed by atoms with Crippen molar-refractivity contribution >= 4 is 26.0 Å². The van der Waals surface area contributed by atoms with Crippen LogP contribution in [-0.4, -0.2) is 18.4 Å². The van der Waals surface area contributed by atoms with Gasteiger partial charge in [-0.25, -0.2) is 23.5 Å². The molecule has 0 aliphatic heterocycles. The maximum Gasteiger partial charge on any atom is 0.214 e. The minimum Gasteiger partial charge on any atom is -0.244 e. The molecule has 0 aliphatic carbocycles. The number of nitrogens with two attached hydrogens (primary N) is 1. The summed E-state index contributed by atoms with van der Waals surface area (Å²) in [5, 5.41) is 4.83. The first-order valence-corrected chi connectivity index (χ1v) is 5.45. The summed E-state index contributed by atoms with van der Waals surface area (Å²) in [5.74, 6) is -0.282. The third-order valence-electron chi connectivity index (χ3n) is 1.08. The van der Waals surface area contributed by atoms with Crippen molar-refractivity contribution in [3.05, 3.63) is 22.7 Å². The van der Waals surface area contributed by atoms with Gasteiger partial charge in [0.15, 0.2) is 0 Å². The first-order valence-electron chi connectivity index (χ1n) is 2.94. The Balaban J connectivity index is 2.98. The molecule has 0 aromatic carbocycles. The number of primary sulfonamides is 1. The van der Waals surface area contributed by atoms with E-state index in [0.717, 1.165) is 0 Å². The standard InChI is InChI=1S/C5H6BrN3O2S/c6-4-1-8-3-9-5(4)2-12(7,10)11/h1,3H,2H2,(H2,7,10,11). The predicted octanol–water partition coefficient (Wildman–Crippen LogP) is 0.0276. The Morgan fingerprint density at radius 2 is 2.25 bits per heavy atom. The van der Waals surface area contributed by atoms with Gasteiger partial charge in [0.25, 0.3) is 0 Å². The zero-order valence-corrected chi connectivity index (χ0v) is 8.34. The van der Waals surface area contributed by atoms with Crippen molar-refractivity contribution in [2.24, 2.45) is 5.14 Å². The average molecular weight is 252 g/mol. The Morgan fingerprint density at radius 1 is 1.58 bits per heavy atom. The molecule has 0 aliphatic rings. The molecule has 0 bridgehead atoms. The summed E-state index contributed by atoms with van der Waals surface area (Å²) in [7, 11) is -3.52. The SMILES string of the molecule is NS(=O)(=O)Cc1ncncc1Br. The molecule has 0 saturated heterocycles. The maximum atomic E-state index is 10.6. The summed E-state index contributed by atoms with van der Waals surface area (Å²) in [6.45, 7) is 0. The van der Waals surface area contributed by atoms with Crippen LogP contribution in [0.15, 0.2) is 17.0 Å². The van der Waals surface area contributed by atoms with E-state index in [4.69, 9.17) is 5.14 Å². The molecule has 0 fully saturated rings. The van der Waals surface area contributed by atoms with Crippen LogP contribution >= 0.6 is 15.9 Å². The molecule has 0 unspecified atom stereocenters. The molecule has 1 aromatic heterocycles. The molecule has 0 atom stereocenters. The largest absolute Gasteiger partial charge is 0.244 e. The van der Waals surface area contributed by atoms with Gasteiger partial charge in [0.05, 0.1) is 10.2 Å². The third kappa shape index (κ3) is 2.84. The number of sulfonamides is 1. The Hall–Kier alpha value is -0.530. The van der Waals surface area contributed by atoms with Gasteiger partial charge >= 0.3 is 0 Å². The summed E-state index contributed by atoms with van der Waals surface area (Å²) in [4.78, 5) is 7.43. The molecule has 0 spiro atoms. The molecule has 0 saturated carbocycles. The summed E-state index contributed by atoms with van der Waals surface area (Å²) in [6, 6.07) is 0. The molecule has 5 nitrogen and oxygen atoms in total. The van der Waals surface area contributed by atoms with E-state index in [1.807, 2.05) is 0 Å². The lowest BCUT2D eigenvalue weighted by Gasteiger charge is -1.98. The van der Waals surface area contributed by atoms with E-state index in [1.165, 1.54) is 12.5 Å². The Bertz CT molecular complexity index is 378. The summed E-state index contributed by atoms with van der Waals surface area (Å²) >= 11 is 3.10. The lowest BCUT2D eigenvalue weighted by atomic mass is 10.5. The molecule has 7 heteroatoms. The highest BCUT2D eigenvalue weighted by molar-refractivity contribution is 9.10. The van der Waals surface area contributed by atoms with Crippen LogP contribution in [0.25, 0.3) is 0 Å². The molecule has 12 heavy (non-hydrogen) atoms.